The monoisotopic (exact) mass is 498 g/mol. The van der Waals surface area contributed by atoms with E-state index in [-0.39, 0.29) is 35.4 Å². The number of ether oxygens (including phenoxy) is 4. The number of hydrogen-bond donors (Lipinski definition) is 2. The molecule has 0 saturated carbocycles. The topological polar surface area (TPSA) is 92.0 Å². The Labute approximate surface area is 211 Å². The largest absolute Gasteiger partial charge is 0.492 e. The van der Waals surface area contributed by atoms with Crippen molar-refractivity contribution in [2.24, 2.45) is 5.73 Å². The van der Waals surface area contributed by atoms with Crippen molar-refractivity contribution < 1.29 is 23.7 Å². The van der Waals surface area contributed by atoms with Crippen LogP contribution in [0.4, 0.5) is 5.69 Å². The van der Waals surface area contributed by atoms with E-state index < -0.39 is 0 Å². The smallest absolute Gasteiger partial charge is 0.259 e. The number of amides is 1. The number of aryl methyl sites for hydroxylation is 2. The van der Waals surface area contributed by atoms with E-state index in [0.29, 0.717) is 23.8 Å². The van der Waals surface area contributed by atoms with E-state index in [9.17, 15) is 4.79 Å². The second-order valence-corrected chi connectivity index (χ2v) is 8.10. The Morgan fingerprint density at radius 2 is 1.57 bits per heavy atom. The molecule has 8 heteroatoms. The molecule has 3 aromatic rings. The lowest BCUT2D eigenvalue weighted by Gasteiger charge is -2.19. The number of halogens is 1. The van der Waals surface area contributed by atoms with Crippen molar-refractivity contribution >= 4 is 24.0 Å². The van der Waals surface area contributed by atoms with Gasteiger partial charge in [-0.05, 0) is 73.2 Å². The van der Waals surface area contributed by atoms with Crippen molar-refractivity contribution in [3.8, 4) is 28.7 Å². The minimum Gasteiger partial charge on any atom is -0.492 e. The van der Waals surface area contributed by atoms with Gasteiger partial charge in [0.05, 0.1) is 26.9 Å². The number of benzene rings is 3. The molecule has 0 spiro atoms. The predicted molar refractivity (Wildman–Crippen MR) is 139 cm³/mol. The van der Waals surface area contributed by atoms with Crippen molar-refractivity contribution in [2.45, 2.75) is 25.7 Å². The van der Waals surface area contributed by atoms with Crippen molar-refractivity contribution in [1.82, 2.24) is 0 Å². The first-order valence-electron chi connectivity index (χ1n) is 11.3. The Bertz CT molecular complexity index is 1180. The first-order chi connectivity index (χ1) is 16.6. The Kier molecular flexibility index (Phi) is 8.84. The van der Waals surface area contributed by atoms with Crippen molar-refractivity contribution in [3.05, 3.63) is 70.8 Å². The van der Waals surface area contributed by atoms with Gasteiger partial charge in [0.1, 0.15) is 5.75 Å². The summed E-state index contributed by atoms with van der Waals surface area (Å²) in [6.45, 7) is 0.576. The molecule has 186 valence electrons. The molecule has 0 aliphatic heterocycles. The number of carbonyl (C=O) groups excluding carboxylic acids is 1. The standard InChI is InChI=1S/C27H30N2O5.ClH/c1-31-24-22(27(30)29-20-10-9-18-5-4-6-19(18)15-20)16-23(25(32-2)26(24)33-3)34-21-11-7-17(8-12-21)13-14-28;/h7-12,15-16H,4-6,13-14,28H2,1-3H3,(H,29,30);1H. The summed E-state index contributed by atoms with van der Waals surface area (Å²) in [6, 6.07) is 15.3. The van der Waals surface area contributed by atoms with Crippen LogP contribution in [0.15, 0.2) is 48.5 Å². The molecule has 0 saturated heterocycles. The van der Waals surface area contributed by atoms with Gasteiger partial charge in [0, 0.05) is 11.8 Å². The Morgan fingerprint density at radius 3 is 2.23 bits per heavy atom. The van der Waals surface area contributed by atoms with Crippen LogP contribution in [-0.4, -0.2) is 33.8 Å². The molecule has 0 aromatic heterocycles. The molecule has 1 amide bonds. The van der Waals surface area contributed by atoms with E-state index in [4.69, 9.17) is 24.7 Å². The third kappa shape index (κ3) is 5.63. The van der Waals surface area contributed by atoms with Gasteiger partial charge in [-0.15, -0.1) is 12.4 Å². The summed E-state index contributed by atoms with van der Waals surface area (Å²) in [7, 11) is 4.49. The number of carbonyl (C=O) groups is 1. The van der Waals surface area contributed by atoms with Crippen LogP contribution in [0.25, 0.3) is 0 Å². The summed E-state index contributed by atoms with van der Waals surface area (Å²) in [5, 5.41) is 2.98. The molecule has 0 heterocycles. The lowest BCUT2D eigenvalue weighted by molar-refractivity contribution is 0.102. The zero-order valence-corrected chi connectivity index (χ0v) is 21.0. The summed E-state index contributed by atoms with van der Waals surface area (Å²) >= 11 is 0. The first-order valence-corrected chi connectivity index (χ1v) is 11.3. The van der Waals surface area contributed by atoms with Crippen LogP contribution in [0.3, 0.4) is 0 Å². The van der Waals surface area contributed by atoms with Crippen molar-refractivity contribution in [3.63, 3.8) is 0 Å². The summed E-state index contributed by atoms with van der Waals surface area (Å²) in [4.78, 5) is 13.3. The molecular formula is C27H31ClN2O5. The quantitative estimate of drug-likeness (QED) is 0.423. The highest BCUT2D eigenvalue weighted by Gasteiger charge is 2.26. The van der Waals surface area contributed by atoms with E-state index in [2.05, 4.69) is 11.4 Å². The summed E-state index contributed by atoms with van der Waals surface area (Å²) < 4.78 is 22.8. The maximum Gasteiger partial charge on any atom is 0.259 e. The molecule has 0 fully saturated rings. The zero-order valence-electron chi connectivity index (χ0n) is 20.2. The second-order valence-electron chi connectivity index (χ2n) is 8.10. The number of nitrogens with one attached hydrogen (secondary N) is 1. The summed E-state index contributed by atoms with van der Waals surface area (Å²) in [5.74, 6) is 1.48. The maximum atomic E-state index is 13.3. The van der Waals surface area contributed by atoms with E-state index >= 15 is 0 Å². The lowest BCUT2D eigenvalue weighted by atomic mass is 10.1. The molecule has 1 aliphatic carbocycles. The third-order valence-electron chi connectivity index (χ3n) is 5.95. The molecule has 7 nitrogen and oxygen atoms in total. The average Bonchev–Trinajstić information content (AvgIpc) is 3.32. The van der Waals surface area contributed by atoms with Gasteiger partial charge in [0.15, 0.2) is 11.5 Å². The lowest BCUT2D eigenvalue weighted by Crippen LogP contribution is -2.14. The van der Waals surface area contributed by atoms with Gasteiger partial charge in [-0.1, -0.05) is 18.2 Å². The van der Waals surface area contributed by atoms with Gasteiger partial charge < -0.3 is 30.0 Å². The highest BCUT2D eigenvalue weighted by atomic mass is 35.5. The second kappa shape index (κ2) is 11.8. The average molecular weight is 499 g/mol. The van der Waals surface area contributed by atoms with E-state index in [1.807, 2.05) is 36.4 Å². The molecule has 0 bridgehead atoms. The number of anilines is 1. The van der Waals surface area contributed by atoms with Gasteiger partial charge >= 0.3 is 0 Å². The van der Waals surface area contributed by atoms with Crippen molar-refractivity contribution in [2.75, 3.05) is 33.2 Å². The SMILES string of the molecule is COc1c(Oc2ccc(CCN)cc2)cc(C(=O)Nc2ccc3c(c2)CCC3)c(OC)c1OC.Cl. The molecule has 1 aliphatic rings. The van der Waals surface area contributed by atoms with Crippen LogP contribution in [0, 0.1) is 0 Å². The molecule has 0 radical (unpaired) electrons. The first kappa shape index (κ1) is 26.2. The van der Waals surface area contributed by atoms with Crippen LogP contribution in [0.1, 0.15) is 33.5 Å². The van der Waals surface area contributed by atoms with Crippen LogP contribution >= 0.6 is 12.4 Å². The van der Waals surface area contributed by atoms with Crippen molar-refractivity contribution in [1.29, 1.82) is 0 Å². The van der Waals surface area contributed by atoms with Gasteiger partial charge in [-0.3, -0.25) is 4.79 Å². The van der Waals surface area contributed by atoms with Gasteiger partial charge in [0.25, 0.3) is 5.91 Å². The maximum absolute atomic E-state index is 13.3. The van der Waals surface area contributed by atoms with Gasteiger partial charge in [-0.25, -0.2) is 0 Å². The minimum atomic E-state index is -0.334. The van der Waals surface area contributed by atoms with Gasteiger partial charge in [-0.2, -0.15) is 0 Å². The summed E-state index contributed by atoms with van der Waals surface area (Å²) in [6.07, 6.45) is 4.04. The number of methoxy groups -OCH3 is 3. The zero-order chi connectivity index (χ0) is 24.1. The number of rotatable bonds is 9. The molecular weight excluding hydrogens is 468 g/mol. The normalized spacial score (nSPS) is 11.8. The van der Waals surface area contributed by atoms with Gasteiger partial charge in [0.2, 0.25) is 11.5 Å². The number of fused-ring (bicyclic) bond motifs is 1. The highest BCUT2D eigenvalue weighted by Crippen LogP contribution is 2.48. The Morgan fingerprint density at radius 1 is 0.886 bits per heavy atom. The fraction of sp³-hybridized carbons (Fsp3) is 0.296. The van der Waals surface area contributed by atoms with E-state index in [1.54, 1.807) is 6.07 Å². The molecule has 3 aromatic carbocycles. The number of hydrogen-bond acceptors (Lipinski definition) is 6. The molecule has 35 heavy (non-hydrogen) atoms. The molecule has 0 atom stereocenters. The molecule has 4 rings (SSSR count). The minimum absolute atomic E-state index is 0. The fourth-order valence-corrected chi connectivity index (χ4v) is 4.29. The van der Waals surface area contributed by atoms with E-state index in [0.717, 1.165) is 36.9 Å². The Hall–Kier alpha value is -3.42. The predicted octanol–water partition coefficient (Wildman–Crippen LogP) is 5.17. The molecule has 3 N–H and O–H groups in total. The highest BCUT2D eigenvalue weighted by molar-refractivity contribution is 6.07. The van der Waals surface area contributed by atoms with Crippen LogP contribution in [-0.2, 0) is 19.3 Å². The van der Waals surface area contributed by atoms with Crippen LogP contribution in [0.5, 0.6) is 28.7 Å². The molecule has 0 unspecified atom stereocenters. The van der Waals surface area contributed by atoms with Crippen LogP contribution in [0.2, 0.25) is 0 Å². The number of nitrogens with two attached hydrogens (primary N) is 1. The van der Waals surface area contributed by atoms with E-state index in [1.165, 1.54) is 32.5 Å². The summed E-state index contributed by atoms with van der Waals surface area (Å²) in [5.41, 5.74) is 10.4. The third-order valence-corrected chi connectivity index (χ3v) is 5.95. The Balaban J connectivity index is 0.00000342. The van der Waals surface area contributed by atoms with Crippen LogP contribution < -0.4 is 30.0 Å². The fourth-order valence-electron chi connectivity index (χ4n) is 4.29.